The standard InChI is InChI=1S/C20H20Cl2N4O/c1-12-16(13(2)26(25-12)15-6-4-3-5-7-15)8-9-19(27)24-14-10-17(21)20(23)18(22)11-14/h3-7,10-11H,8-9,23H2,1-2H3,(H,24,27). The fourth-order valence-electron chi connectivity index (χ4n) is 2.98. The third kappa shape index (κ3) is 4.26. The zero-order valence-corrected chi connectivity index (χ0v) is 16.6. The van der Waals surface area contributed by atoms with Gasteiger partial charge in [-0.05, 0) is 50.1 Å². The van der Waals surface area contributed by atoms with Crippen molar-refractivity contribution in [1.29, 1.82) is 0 Å². The number of hydrogen-bond donors (Lipinski definition) is 2. The Kier molecular flexibility index (Phi) is 5.73. The van der Waals surface area contributed by atoms with Gasteiger partial charge in [-0.15, -0.1) is 0 Å². The molecule has 0 atom stereocenters. The quantitative estimate of drug-likeness (QED) is 0.592. The number of rotatable bonds is 5. The molecule has 3 rings (SSSR count). The third-order valence-corrected chi connectivity index (χ3v) is 5.03. The van der Waals surface area contributed by atoms with Crippen molar-refractivity contribution >= 4 is 40.5 Å². The highest BCUT2D eigenvalue weighted by Gasteiger charge is 2.15. The first-order valence-electron chi connectivity index (χ1n) is 8.51. The number of para-hydroxylation sites is 1. The molecule has 1 heterocycles. The van der Waals surface area contributed by atoms with E-state index in [1.165, 1.54) is 0 Å². The summed E-state index contributed by atoms with van der Waals surface area (Å²) in [6.07, 6.45) is 0.911. The molecule has 1 aromatic heterocycles. The molecule has 140 valence electrons. The predicted octanol–water partition coefficient (Wildman–Crippen LogP) is 4.95. The van der Waals surface area contributed by atoms with Crippen molar-refractivity contribution in [2.45, 2.75) is 26.7 Å². The number of anilines is 2. The molecule has 0 aliphatic carbocycles. The summed E-state index contributed by atoms with van der Waals surface area (Å²) < 4.78 is 1.90. The molecule has 3 aromatic rings. The number of hydrogen-bond acceptors (Lipinski definition) is 3. The number of nitrogens with one attached hydrogen (secondary N) is 1. The summed E-state index contributed by atoms with van der Waals surface area (Å²) in [5.74, 6) is -0.127. The number of nitrogen functional groups attached to an aromatic ring is 1. The Hall–Kier alpha value is -2.50. The van der Waals surface area contributed by atoms with Gasteiger partial charge in [0.1, 0.15) is 0 Å². The van der Waals surface area contributed by atoms with E-state index in [1.54, 1.807) is 12.1 Å². The SMILES string of the molecule is Cc1nn(-c2ccccc2)c(C)c1CCC(=O)Nc1cc(Cl)c(N)c(Cl)c1. The molecule has 5 nitrogen and oxygen atoms in total. The Morgan fingerprint density at radius 3 is 2.41 bits per heavy atom. The first kappa shape index (κ1) is 19.3. The van der Waals surface area contributed by atoms with Gasteiger partial charge in [0, 0.05) is 17.8 Å². The first-order chi connectivity index (χ1) is 12.9. The highest BCUT2D eigenvalue weighted by atomic mass is 35.5. The summed E-state index contributed by atoms with van der Waals surface area (Å²) in [6.45, 7) is 3.97. The van der Waals surface area contributed by atoms with Crippen molar-refractivity contribution in [3.05, 3.63) is 69.5 Å². The molecule has 0 saturated carbocycles. The fourth-order valence-corrected chi connectivity index (χ4v) is 3.46. The zero-order chi connectivity index (χ0) is 19.6. The van der Waals surface area contributed by atoms with Gasteiger partial charge in [-0.1, -0.05) is 41.4 Å². The van der Waals surface area contributed by atoms with Crippen molar-refractivity contribution < 1.29 is 4.79 Å². The average molecular weight is 403 g/mol. The molecule has 0 fully saturated rings. The van der Waals surface area contributed by atoms with Crippen LogP contribution in [-0.2, 0) is 11.2 Å². The van der Waals surface area contributed by atoms with E-state index >= 15 is 0 Å². The van der Waals surface area contributed by atoms with Crippen molar-refractivity contribution in [2.75, 3.05) is 11.1 Å². The maximum atomic E-state index is 12.3. The van der Waals surface area contributed by atoms with E-state index in [2.05, 4.69) is 10.4 Å². The number of nitrogens with two attached hydrogens (primary N) is 1. The van der Waals surface area contributed by atoms with Crippen LogP contribution in [0.4, 0.5) is 11.4 Å². The normalized spacial score (nSPS) is 10.8. The molecule has 0 aliphatic rings. The van der Waals surface area contributed by atoms with E-state index in [-0.39, 0.29) is 5.91 Å². The lowest BCUT2D eigenvalue weighted by Gasteiger charge is -2.09. The third-order valence-electron chi connectivity index (χ3n) is 4.41. The number of carbonyl (C=O) groups excluding carboxylic acids is 1. The van der Waals surface area contributed by atoms with Gasteiger partial charge in [-0.25, -0.2) is 4.68 Å². The molecular weight excluding hydrogens is 383 g/mol. The minimum Gasteiger partial charge on any atom is -0.396 e. The molecular formula is C20H20Cl2N4O. The molecule has 0 bridgehead atoms. The lowest BCUT2D eigenvalue weighted by molar-refractivity contribution is -0.116. The summed E-state index contributed by atoms with van der Waals surface area (Å²) >= 11 is 12.0. The molecule has 0 saturated heterocycles. The number of benzene rings is 2. The van der Waals surface area contributed by atoms with Gasteiger partial charge in [0.2, 0.25) is 5.91 Å². The number of nitrogens with zero attached hydrogens (tertiary/aromatic N) is 2. The van der Waals surface area contributed by atoms with Crippen molar-refractivity contribution in [2.24, 2.45) is 0 Å². The smallest absolute Gasteiger partial charge is 0.224 e. The molecule has 7 heteroatoms. The fraction of sp³-hybridized carbons (Fsp3) is 0.200. The maximum absolute atomic E-state index is 12.3. The Balaban J connectivity index is 1.70. The van der Waals surface area contributed by atoms with Crippen LogP contribution in [0.2, 0.25) is 10.0 Å². The maximum Gasteiger partial charge on any atom is 0.224 e. The second-order valence-corrected chi connectivity index (χ2v) is 7.11. The van der Waals surface area contributed by atoms with Crippen LogP contribution in [0.1, 0.15) is 23.4 Å². The van der Waals surface area contributed by atoms with Crippen LogP contribution in [0, 0.1) is 13.8 Å². The van der Waals surface area contributed by atoms with Crippen LogP contribution in [0.15, 0.2) is 42.5 Å². The number of aromatic nitrogens is 2. The second-order valence-electron chi connectivity index (χ2n) is 6.30. The summed E-state index contributed by atoms with van der Waals surface area (Å²) in [5.41, 5.74) is 10.6. The van der Waals surface area contributed by atoms with Gasteiger partial charge in [0.05, 0.1) is 27.1 Å². The minimum atomic E-state index is -0.127. The molecule has 0 aliphatic heterocycles. The molecule has 0 unspecified atom stereocenters. The predicted molar refractivity (Wildman–Crippen MR) is 111 cm³/mol. The summed E-state index contributed by atoms with van der Waals surface area (Å²) in [4.78, 5) is 12.3. The monoisotopic (exact) mass is 402 g/mol. The average Bonchev–Trinajstić information content (AvgIpc) is 2.92. The number of halogens is 2. The van der Waals surface area contributed by atoms with Gasteiger partial charge < -0.3 is 11.1 Å². The van der Waals surface area contributed by atoms with Crippen LogP contribution >= 0.6 is 23.2 Å². The van der Waals surface area contributed by atoms with E-state index in [1.807, 2.05) is 48.9 Å². The van der Waals surface area contributed by atoms with Gasteiger partial charge in [0.15, 0.2) is 0 Å². The van der Waals surface area contributed by atoms with Crippen molar-refractivity contribution in [1.82, 2.24) is 9.78 Å². The van der Waals surface area contributed by atoms with E-state index in [0.717, 1.165) is 22.6 Å². The van der Waals surface area contributed by atoms with E-state index in [0.29, 0.717) is 34.3 Å². The largest absolute Gasteiger partial charge is 0.396 e. The zero-order valence-electron chi connectivity index (χ0n) is 15.1. The van der Waals surface area contributed by atoms with Gasteiger partial charge >= 0.3 is 0 Å². The number of aryl methyl sites for hydroxylation is 1. The molecule has 1 amide bonds. The van der Waals surface area contributed by atoms with Crippen molar-refractivity contribution in [3.63, 3.8) is 0 Å². The number of amides is 1. The first-order valence-corrected chi connectivity index (χ1v) is 9.27. The summed E-state index contributed by atoms with van der Waals surface area (Å²) in [7, 11) is 0. The van der Waals surface area contributed by atoms with Gasteiger partial charge in [-0.3, -0.25) is 4.79 Å². The molecule has 27 heavy (non-hydrogen) atoms. The lowest BCUT2D eigenvalue weighted by atomic mass is 10.1. The highest BCUT2D eigenvalue weighted by Crippen LogP contribution is 2.31. The Morgan fingerprint density at radius 1 is 1.15 bits per heavy atom. The van der Waals surface area contributed by atoms with Crippen LogP contribution in [-0.4, -0.2) is 15.7 Å². The Morgan fingerprint density at radius 2 is 1.78 bits per heavy atom. The van der Waals surface area contributed by atoms with Crippen molar-refractivity contribution in [3.8, 4) is 5.69 Å². The van der Waals surface area contributed by atoms with Crippen LogP contribution in [0.5, 0.6) is 0 Å². The van der Waals surface area contributed by atoms with Gasteiger partial charge in [-0.2, -0.15) is 5.10 Å². The van der Waals surface area contributed by atoms with E-state index in [9.17, 15) is 4.79 Å². The Bertz CT molecular complexity index is 960. The highest BCUT2D eigenvalue weighted by molar-refractivity contribution is 6.39. The summed E-state index contributed by atoms with van der Waals surface area (Å²) in [5, 5.41) is 8.05. The Labute approximate surface area is 168 Å². The van der Waals surface area contributed by atoms with E-state index in [4.69, 9.17) is 28.9 Å². The molecule has 0 spiro atoms. The lowest BCUT2D eigenvalue weighted by Crippen LogP contribution is -2.13. The molecule has 0 radical (unpaired) electrons. The number of carbonyl (C=O) groups is 1. The van der Waals surface area contributed by atoms with Crippen LogP contribution in [0.3, 0.4) is 0 Å². The van der Waals surface area contributed by atoms with Gasteiger partial charge in [0.25, 0.3) is 0 Å². The van der Waals surface area contributed by atoms with Crippen LogP contribution < -0.4 is 11.1 Å². The van der Waals surface area contributed by atoms with E-state index < -0.39 is 0 Å². The van der Waals surface area contributed by atoms with Crippen LogP contribution in [0.25, 0.3) is 5.69 Å². The molecule has 2 aromatic carbocycles. The molecule has 3 N–H and O–H groups in total. The topological polar surface area (TPSA) is 72.9 Å². The second kappa shape index (κ2) is 8.03. The summed E-state index contributed by atoms with van der Waals surface area (Å²) in [6, 6.07) is 13.1. The minimum absolute atomic E-state index is 0.127.